The molecule has 1 aromatic heterocycles. The smallest absolute Gasteiger partial charge is 0.253 e. The van der Waals surface area contributed by atoms with Gasteiger partial charge in [0.05, 0.1) is 17.9 Å². The number of nitrogens with two attached hydrogens (primary N) is 1. The number of carbonyl (C=O) groups is 1. The summed E-state index contributed by atoms with van der Waals surface area (Å²) in [6.45, 7) is 0. The maximum Gasteiger partial charge on any atom is 0.253 e. The van der Waals surface area contributed by atoms with E-state index in [0.29, 0.717) is 11.4 Å². The number of aromatic nitrogens is 1. The van der Waals surface area contributed by atoms with Crippen LogP contribution in [-0.4, -0.2) is 23.0 Å². The number of amides is 1. The first-order valence-corrected chi connectivity index (χ1v) is 5.59. The molecule has 92 valence electrons. The predicted molar refractivity (Wildman–Crippen MR) is 66.3 cm³/mol. The molecule has 0 radical (unpaired) electrons. The molecule has 1 aliphatic heterocycles. The number of pyridine rings is 1. The van der Waals surface area contributed by atoms with Gasteiger partial charge in [0.2, 0.25) is 0 Å². The lowest BCUT2D eigenvalue weighted by molar-refractivity contribution is 0.0927. The molecule has 3 N–H and O–H groups in total. The van der Waals surface area contributed by atoms with Gasteiger partial charge in [0.1, 0.15) is 11.9 Å². The topological polar surface area (TPSA) is 77.2 Å². The van der Waals surface area contributed by atoms with Crippen molar-refractivity contribution >= 4 is 11.7 Å². The van der Waals surface area contributed by atoms with Crippen molar-refractivity contribution < 1.29 is 12.4 Å². The zero-order valence-electron chi connectivity index (χ0n) is 9.22. The van der Waals surface area contributed by atoms with E-state index in [1.807, 2.05) is 0 Å². The van der Waals surface area contributed by atoms with Gasteiger partial charge in [-0.2, -0.15) is 0 Å². The van der Waals surface area contributed by atoms with Crippen molar-refractivity contribution in [2.24, 2.45) is 0 Å². The minimum atomic E-state index is -0.115. The average Bonchev–Trinajstić information content (AvgIpc) is 2.91. The van der Waals surface area contributed by atoms with Gasteiger partial charge in [-0.3, -0.25) is 4.79 Å². The number of nitrogen functional groups attached to an aromatic ring is 1. The summed E-state index contributed by atoms with van der Waals surface area (Å²) in [5, 5.41) is 2.98. The monoisotopic (exact) mass is 235 g/mol. The van der Waals surface area contributed by atoms with E-state index in [2.05, 4.69) is 10.3 Å². The molecule has 5 nitrogen and oxygen atoms in total. The molecule has 1 aliphatic carbocycles. The number of hydrogen-bond acceptors (Lipinski definition) is 4. The normalized spacial score (nSPS) is 25.3. The van der Waals surface area contributed by atoms with E-state index in [4.69, 9.17) is 10.5 Å². The lowest BCUT2D eigenvalue weighted by Gasteiger charge is -2.17. The van der Waals surface area contributed by atoms with E-state index in [1.165, 1.54) is 11.8 Å². The molecule has 1 saturated carbocycles. The fraction of sp³-hybridized carbons (Fsp3) is 0.333. The number of rotatable bonds is 2. The second-order valence-electron chi connectivity index (χ2n) is 4.39. The van der Waals surface area contributed by atoms with Crippen LogP contribution >= 0.6 is 0 Å². The van der Waals surface area contributed by atoms with Crippen molar-refractivity contribution in [3.05, 3.63) is 35.7 Å². The summed E-state index contributed by atoms with van der Waals surface area (Å²) in [6.07, 6.45) is 5.30. The maximum atomic E-state index is 11.9. The van der Waals surface area contributed by atoms with E-state index in [9.17, 15) is 4.79 Å². The number of nitrogens with one attached hydrogen (secondary N) is 1. The van der Waals surface area contributed by atoms with Crippen LogP contribution in [0.5, 0.6) is 0 Å². The number of hydrogen-bond donors (Lipinski definition) is 2. The Labute approximate surface area is 102 Å². The summed E-state index contributed by atoms with van der Waals surface area (Å²) in [7, 11) is 0. The van der Waals surface area contributed by atoms with Gasteiger partial charge in [0.15, 0.2) is 0 Å². The van der Waals surface area contributed by atoms with Crippen LogP contribution in [0.2, 0.25) is 0 Å². The molecule has 2 atom stereocenters. The molecule has 0 aromatic carbocycles. The van der Waals surface area contributed by atoms with Crippen LogP contribution in [0.15, 0.2) is 30.2 Å². The SMILES string of the molecule is Nc1ccc(C(=O)N[C@H]2C[C@@H]3CC2=CO3)cn1.[HH].[HH]. The van der Waals surface area contributed by atoms with Crippen molar-refractivity contribution in [2.75, 3.05) is 5.73 Å². The lowest BCUT2D eigenvalue weighted by atomic mass is 10.1. The molecule has 1 fully saturated rings. The Hall–Kier alpha value is -2.04. The van der Waals surface area contributed by atoms with Gasteiger partial charge in [0, 0.05) is 21.9 Å². The highest BCUT2D eigenvalue weighted by molar-refractivity contribution is 5.94. The van der Waals surface area contributed by atoms with Gasteiger partial charge in [0.25, 0.3) is 5.91 Å². The molecule has 1 amide bonds. The minimum absolute atomic E-state index is 0. The Morgan fingerprint density at radius 1 is 1.59 bits per heavy atom. The fourth-order valence-corrected chi connectivity index (χ4v) is 2.25. The van der Waals surface area contributed by atoms with Crippen LogP contribution in [-0.2, 0) is 4.74 Å². The summed E-state index contributed by atoms with van der Waals surface area (Å²) in [4.78, 5) is 15.8. The fourth-order valence-electron chi connectivity index (χ4n) is 2.25. The van der Waals surface area contributed by atoms with E-state index >= 15 is 0 Å². The number of anilines is 1. The number of ether oxygens (including phenoxy) is 1. The van der Waals surface area contributed by atoms with Crippen molar-refractivity contribution in [1.82, 2.24) is 10.3 Å². The summed E-state index contributed by atoms with van der Waals surface area (Å²) < 4.78 is 5.34. The predicted octanol–water partition coefficient (Wildman–Crippen LogP) is 1.33. The maximum absolute atomic E-state index is 11.9. The van der Waals surface area contributed by atoms with Crippen LogP contribution in [0, 0.1) is 0 Å². The molecule has 2 bridgehead atoms. The highest BCUT2D eigenvalue weighted by atomic mass is 16.5. The molecule has 3 rings (SSSR count). The Bertz CT molecular complexity index is 490. The van der Waals surface area contributed by atoms with Gasteiger partial charge >= 0.3 is 0 Å². The summed E-state index contributed by atoms with van der Waals surface area (Å²) in [6, 6.07) is 3.41. The summed E-state index contributed by atoms with van der Waals surface area (Å²) in [5.74, 6) is 0.300. The van der Waals surface area contributed by atoms with Crippen molar-refractivity contribution in [1.29, 1.82) is 0 Å². The van der Waals surface area contributed by atoms with Crippen LogP contribution < -0.4 is 11.1 Å². The molecular formula is C12H17N3O2. The van der Waals surface area contributed by atoms with Gasteiger partial charge in [-0.05, 0) is 17.7 Å². The second kappa shape index (κ2) is 3.76. The Morgan fingerprint density at radius 3 is 3.06 bits per heavy atom. The molecule has 1 aromatic rings. The van der Waals surface area contributed by atoms with Crippen LogP contribution in [0.25, 0.3) is 0 Å². The summed E-state index contributed by atoms with van der Waals surface area (Å²) >= 11 is 0. The van der Waals surface area contributed by atoms with Crippen LogP contribution in [0.4, 0.5) is 5.82 Å². The van der Waals surface area contributed by atoms with Gasteiger partial charge in [-0.1, -0.05) is 0 Å². The first-order valence-electron chi connectivity index (χ1n) is 5.59. The first-order chi connectivity index (χ1) is 8.22. The van der Waals surface area contributed by atoms with E-state index in [-0.39, 0.29) is 20.9 Å². The molecular weight excluding hydrogens is 218 g/mol. The molecule has 17 heavy (non-hydrogen) atoms. The van der Waals surface area contributed by atoms with Gasteiger partial charge in [-0.25, -0.2) is 4.98 Å². The molecule has 2 heterocycles. The molecule has 0 spiro atoms. The zero-order chi connectivity index (χ0) is 11.8. The minimum Gasteiger partial charge on any atom is -0.498 e. The number of fused-ring (bicyclic) bond motifs is 2. The highest BCUT2D eigenvalue weighted by Gasteiger charge is 2.35. The Balaban J connectivity index is 0.000000902. The van der Waals surface area contributed by atoms with E-state index < -0.39 is 0 Å². The Kier molecular flexibility index (Phi) is 2.24. The van der Waals surface area contributed by atoms with E-state index in [0.717, 1.165) is 12.8 Å². The second-order valence-corrected chi connectivity index (χ2v) is 4.39. The third-order valence-corrected chi connectivity index (χ3v) is 3.18. The first kappa shape index (κ1) is 10.1. The van der Waals surface area contributed by atoms with Gasteiger partial charge < -0.3 is 15.8 Å². The van der Waals surface area contributed by atoms with E-state index in [1.54, 1.807) is 18.4 Å². The average molecular weight is 235 g/mol. The van der Waals surface area contributed by atoms with Crippen molar-refractivity contribution in [2.45, 2.75) is 25.0 Å². The lowest BCUT2D eigenvalue weighted by Crippen LogP contribution is -2.35. The third-order valence-electron chi connectivity index (χ3n) is 3.18. The summed E-state index contributed by atoms with van der Waals surface area (Å²) in [5.41, 5.74) is 7.18. The van der Waals surface area contributed by atoms with Gasteiger partial charge in [-0.15, -0.1) is 0 Å². The molecule has 2 aliphatic rings. The number of nitrogens with zero attached hydrogens (tertiary/aromatic N) is 1. The standard InChI is InChI=1S/C12H13N3O2.2H2/c13-11-2-1-7(5-14-11)12(16)15-10-4-9-3-8(10)6-17-9;;/h1-2,5-6,9-10H,3-4H2,(H2,13,14)(H,15,16);2*1H/t9-,10-;;/m0../s1. The largest absolute Gasteiger partial charge is 0.498 e. The number of carbonyl (C=O) groups excluding carboxylic acids is 1. The quantitative estimate of drug-likeness (QED) is 0.810. The van der Waals surface area contributed by atoms with Crippen LogP contribution in [0.3, 0.4) is 0 Å². The third kappa shape index (κ3) is 1.84. The molecule has 5 heteroatoms. The molecule has 0 saturated heterocycles. The van der Waals surface area contributed by atoms with Crippen LogP contribution in [0.1, 0.15) is 26.1 Å². The Morgan fingerprint density at radius 2 is 2.47 bits per heavy atom. The highest BCUT2D eigenvalue weighted by Crippen LogP contribution is 2.33. The van der Waals surface area contributed by atoms with Crippen molar-refractivity contribution in [3.63, 3.8) is 0 Å². The van der Waals surface area contributed by atoms with Crippen molar-refractivity contribution in [3.8, 4) is 0 Å². The molecule has 0 unspecified atom stereocenters. The zero-order valence-corrected chi connectivity index (χ0v) is 9.22.